The normalized spacial score (nSPS) is 20.0. The Balaban J connectivity index is 1.32. The molecule has 0 spiro atoms. The molecule has 0 radical (unpaired) electrons. The maximum Gasteiger partial charge on any atom is 0.254 e. The third-order valence-corrected chi connectivity index (χ3v) is 5.09. The number of amides is 1. The Labute approximate surface area is 159 Å². The summed E-state index contributed by atoms with van der Waals surface area (Å²) in [6.07, 6.45) is 1.33. The zero-order valence-corrected chi connectivity index (χ0v) is 15.6. The molecular weight excluding hydrogens is 342 g/mol. The van der Waals surface area contributed by atoms with E-state index in [0.717, 1.165) is 44.8 Å². The number of ether oxygens (including phenoxy) is 1. The molecular formula is C20H25N5O2. The maximum absolute atomic E-state index is 12.1. The van der Waals surface area contributed by atoms with Gasteiger partial charge in [0.25, 0.3) is 5.91 Å². The molecule has 4 rings (SSSR count). The van der Waals surface area contributed by atoms with E-state index in [1.807, 2.05) is 12.1 Å². The number of hydrogen-bond donors (Lipinski definition) is 1. The first-order valence-corrected chi connectivity index (χ1v) is 9.52. The van der Waals surface area contributed by atoms with Gasteiger partial charge in [0.05, 0.1) is 0 Å². The van der Waals surface area contributed by atoms with Crippen LogP contribution in [0.15, 0.2) is 36.4 Å². The number of carbonyl (C=O) groups is 1. The van der Waals surface area contributed by atoms with Gasteiger partial charge >= 0.3 is 0 Å². The first-order chi connectivity index (χ1) is 13.2. The maximum atomic E-state index is 12.1. The number of nitrogens with one attached hydrogen (secondary N) is 1. The summed E-state index contributed by atoms with van der Waals surface area (Å²) in [4.78, 5) is 16.7. The van der Waals surface area contributed by atoms with Crippen molar-refractivity contribution in [2.45, 2.75) is 25.9 Å². The molecule has 3 heterocycles. The van der Waals surface area contributed by atoms with Crippen molar-refractivity contribution in [3.8, 4) is 0 Å². The molecule has 1 aromatic heterocycles. The second-order valence-electron chi connectivity index (χ2n) is 7.08. The highest BCUT2D eigenvalue weighted by Gasteiger charge is 2.24. The molecule has 1 aromatic carbocycles. The van der Waals surface area contributed by atoms with Crippen molar-refractivity contribution in [1.29, 1.82) is 0 Å². The highest BCUT2D eigenvalue weighted by molar-refractivity contribution is 5.93. The molecule has 0 aliphatic carbocycles. The number of rotatable bonds is 4. The fourth-order valence-electron chi connectivity index (χ4n) is 3.57. The van der Waals surface area contributed by atoms with Crippen LogP contribution in [-0.2, 0) is 9.53 Å². The van der Waals surface area contributed by atoms with Crippen LogP contribution < -0.4 is 15.1 Å². The first kappa shape index (κ1) is 17.7. The van der Waals surface area contributed by atoms with Gasteiger partial charge in [-0.2, -0.15) is 0 Å². The van der Waals surface area contributed by atoms with Crippen molar-refractivity contribution in [3.63, 3.8) is 0 Å². The molecule has 2 aliphatic rings. The molecule has 7 nitrogen and oxygen atoms in total. The lowest BCUT2D eigenvalue weighted by Crippen LogP contribution is -2.46. The highest BCUT2D eigenvalue weighted by Crippen LogP contribution is 2.21. The number of aryl methyl sites for hydroxylation is 1. The van der Waals surface area contributed by atoms with Crippen molar-refractivity contribution < 1.29 is 9.53 Å². The molecule has 2 aromatic rings. The summed E-state index contributed by atoms with van der Waals surface area (Å²) in [7, 11) is 0. The summed E-state index contributed by atoms with van der Waals surface area (Å²) in [6.45, 7) is 6.45. The molecule has 1 unspecified atom stereocenters. The number of nitrogens with zero attached hydrogens (tertiary/aromatic N) is 4. The van der Waals surface area contributed by atoms with Gasteiger partial charge in [-0.05, 0) is 49.6 Å². The topological polar surface area (TPSA) is 70.6 Å². The summed E-state index contributed by atoms with van der Waals surface area (Å²) in [5.74, 6) is 1.17. The van der Waals surface area contributed by atoms with Gasteiger partial charge in [0.2, 0.25) is 0 Å². The molecule has 142 valence electrons. The van der Waals surface area contributed by atoms with Crippen LogP contribution in [0.1, 0.15) is 18.4 Å². The lowest BCUT2D eigenvalue weighted by atomic mass is 10.2. The molecule has 2 aliphatic heterocycles. The molecule has 1 amide bonds. The van der Waals surface area contributed by atoms with Crippen molar-refractivity contribution in [1.82, 2.24) is 10.2 Å². The summed E-state index contributed by atoms with van der Waals surface area (Å²) in [5.41, 5.74) is 2.55. The second kappa shape index (κ2) is 7.92. The zero-order valence-electron chi connectivity index (χ0n) is 15.6. The number of anilines is 3. The van der Waals surface area contributed by atoms with E-state index in [9.17, 15) is 4.79 Å². The average molecular weight is 367 g/mol. The van der Waals surface area contributed by atoms with E-state index < -0.39 is 0 Å². The predicted octanol–water partition coefficient (Wildman–Crippen LogP) is 2.23. The van der Waals surface area contributed by atoms with Crippen LogP contribution in [0.5, 0.6) is 0 Å². The van der Waals surface area contributed by atoms with E-state index in [4.69, 9.17) is 4.74 Å². The quantitative estimate of drug-likeness (QED) is 0.894. The van der Waals surface area contributed by atoms with Crippen LogP contribution >= 0.6 is 0 Å². The Morgan fingerprint density at radius 2 is 1.93 bits per heavy atom. The van der Waals surface area contributed by atoms with E-state index in [-0.39, 0.29) is 12.0 Å². The van der Waals surface area contributed by atoms with Gasteiger partial charge in [-0.1, -0.05) is 12.1 Å². The SMILES string of the molecule is Cc1cccc(N2CCN(c3ccc(NC(=O)C4CCCO4)nn3)CC2)c1. The highest BCUT2D eigenvalue weighted by atomic mass is 16.5. The lowest BCUT2D eigenvalue weighted by molar-refractivity contribution is -0.124. The van der Waals surface area contributed by atoms with Crippen LogP contribution in [0.3, 0.4) is 0 Å². The number of carbonyl (C=O) groups excluding carboxylic acids is 1. The van der Waals surface area contributed by atoms with Gasteiger partial charge in [0.1, 0.15) is 6.10 Å². The number of piperazine rings is 1. The molecule has 0 saturated carbocycles. The Kier molecular flexibility index (Phi) is 5.20. The van der Waals surface area contributed by atoms with Crippen LogP contribution in [0.25, 0.3) is 0 Å². The van der Waals surface area contributed by atoms with Gasteiger partial charge in [0, 0.05) is 38.5 Å². The van der Waals surface area contributed by atoms with Gasteiger partial charge < -0.3 is 19.9 Å². The van der Waals surface area contributed by atoms with Crippen molar-refractivity contribution in [2.75, 3.05) is 47.9 Å². The number of benzene rings is 1. The molecule has 7 heteroatoms. The third kappa shape index (κ3) is 4.19. The summed E-state index contributed by atoms with van der Waals surface area (Å²) < 4.78 is 5.39. The van der Waals surface area contributed by atoms with E-state index >= 15 is 0 Å². The summed E-state index contributed by atoms with van der Waals surface area (Å²) in [5, 5.41) is 11.2. The molecule has 0 bridgehead atoms. The molecule has 2 fully saturated rings. The van der Waals surface area contributed by atoms with Crippen LogP contribution in [0, 0.1) is 6.92 Å². The fraction of sp³-hybridized carbons (Fsp3) is 0.450. The van der Waals surface area contributed by atoms with Crippen molar-refractivity contribution >= 4 is 23.2 Å². The third-order valence-electron chi connectivity index (χ3n) is 5.09. The van der Waals surface area contributed by atoms with Crippen LogP contribution in [0.4, 0.5) is 17.3 Å². The molecule has 1 atom stereocenters. The van der Waals surface area contributed by atoms with Crippen LogP contribution in [-0.4, -0.2) is 55.0 Å². The monoisotopic (exact) mass is 367 g/mol. The smallest absolute Gasteiger partial charge is 0.254 e. The van der Waals surface area contributed by atoms with E-state index in [0.29, 0.717) is 12.4 Å². The molecule has 2 saturated heterocycles. The number of hydrogen-bond acceptors (Lipinski definition) is 6. The minimum Gasteiger partial charge on any atom is -0.368 e. The zero-order chi connectivity index (χ0) is 18.6. The largest absolute Gasteiger partial charge is 0.368 e. The Bertz CT molecular complexity index is 781. The van der Waals surface area contributed by atoms with E-state index in [1.54, 1.807) is 0 Å². The summed E-state index contributed by atoms with van der Waals surface area (Å²) >= 11 is 0. The minimum absolute atomic E-state index is 0.138. The minimum atomic E-state index is -0.360. The van der Waals surface area contributed by atoms with Crippen molar-refractivity contribution in [3.05, 3.63) is 42.0 Å². The van der Waals surface area contributed by atoms with Crippen molar-refractivity contribution in [2.24, 2.45) is 0 Å². The Morgan fingerprint density at radius 1 is 1.11 bits per heavy atom. The molecule has 27 heavy (non-hydrogen) atoms. The molecule has 1 N–H and O–H groups in total. The summed E-state index contributed by atoms with van der Waals surface area (Å²) in [6, 6.07) is 12.3. The predicted molar refractivity (Wildman–Crippen MR) is 105 cm³/mol. The van der Waals surface area contributed by atoms with E-state index in [1.165, 1.54) is 11.3 Å². The Hall–Kier alpha value is -2.67. The standard InChI is InChI=1S/C20H25N5O2/c1-15-4-2-5-16(14-15)24-9-11-25(12-10-24)19-8-7-18(22-23-19)21-20(26)17-6-3-13-27-17/h2,4-5,7-8,14,17H,3,6,9-13H2,1H3,(H,21,22,26). The van der Waals surface area contributed by atoms with Gasteiger partial charge in [-0.15, -0.1) is 10.2 Å². The van der Waals surface area contributed by atoms with E-state index in [2.05, 4.69) is 56.5 Å². The first-order valence-electron chi connectivity index (χ1n) is 9.52. The van der Waals surface area contributed by atoms with Gasteiger partial charge in [-0.25, -0.2) is 0 Å². The Morgan fingerprint density at radius 3 is 2.59 bits per heavy atom. The fourth-order valence-corrected chi connectivity index (χ4v) is 3.57. The van der Waals surface area contributed by atoms with Crippen LogP contribution in [0.2, 0.25) is 0 Å². The lowest BCUT2D eigenvalue weighted by Gasteiger charge is -2.36. The average Bonchev–Trinajstić information content (AvgIpc) is 3.24. The number of aromatic nitrogens is 2. The van der Waals surface area contributed by atoms with Gasteiger partial charge in [0.15, 0.2) is 11.6 Å². The van der Waals surface area contributed by atoms with Gasteiger partial charge in [-0.3, -0.25) is 4.79 Å². The second-order valence-corrected chi connectivity index (χ2v) is 7.08.